The zero-order valence-electron chi connectivity index (χ0n) is 17.5. The minimum atomic E-state index is -0.148. The van der Waals surface area contributed by atoms with Gasteiger partial charge in [0.15, 0.2) is 0 Å². The molecule has 0 spiro atoms. The Bertz CT molecular complexity index is 1490. The number of hydrogen-bond acceptors (Lipinski definition) is 6. The van der Waals surface area contributed by atoms with Crippen molar-refractivity contribution >= 4 is 10.8 Å². The van der Waals surface area contributed by atoms with Gasteiger partial charge in [0.1, 0.15) is 11.5 Å². The molecule has 5 aromatic rings. The summed E-state index contributed by atoms with van der Waals surface area (Å²) < 4.78 is 17.8. The van der Waals surface area contributed by atoms with Crippen molar-refractivity contribution in [2.24, 2.45) is 0 Å². The predicted octanol–water partition coefficient (Wildman–Crippen LogP) is 4.72. The second-order valence-electron chi connectivity index (χ2n) is 7.12. The van der Waals surface area contributed by atoms with Crippen LogP contribution in [0.5, 0.6) is 11.5 Å². The third-order valence-corrected chi connectivity index (χ3v) is 5.24. The summed E-state index contributed by atoms with van der Waals surface area (Å²) in [5.74, 6) is 2.10. The number of fused-ring (bicyclic) bond motifs is 1. The van der Waals surface area contributed by atoms with Gasteiger partial charge in [-0.1, -0.05) is 41.6 Å². The van der Waals surface area contributed by atoms with Gasteiger partial charge in [-0.05, 0) is 30.3 Å². The molecule has 7 heteroatoms. The van der Waals surface area contributed by atoms with E-state index in [4.69, 9.17) is 14.0 Å². The van der Waals surface area contributed by atoms with E-state index >= 15 is 0 Å². The van der Waals surface area contributed by atoms with Gasteiger partial charge in [0.25, 0.3) is 11.4 Å². The van der Waals surface area contributed by atoms with Crippen molar-refractivity contribution < 1.29 is 14.0 Å². The van der Waals surface area contributed by atoms with Crippen LogP contribution in [0.4, 0.5) is 0 Å². The summed E-state index contributed by atoms with van der Waals surface area (Å²) in [5.41, 5.74) is 1.95. The Morgan fingerprint density at radius 1 is 0.844 bits per heavy atom. The molecule has 0 saturated carbocycles. The van der Waals surface area contributed by atoms with Crippen LogP contribution in [0, 0.1) is 0 Å². The number of pyridine rings is 1. The minimum absolute atomic E-state index is 0.148. The Morgan fingerprint density at radius 3 is 2.34 bits per heavy atom. The maximum Gasteiger partial charge on any atom is 0.262 e. The van der Waals surface area contributed by atoms with Gasteiger partial charge < -0.3 is 14.0 Å². The van der Waals surface area contributed by atoms with E-state index in [1.807, 2.05) is 60.7 Å². The van der Waals surface area contributed by atoms with Gasteiger partial charge in [0.05, 0.1) is 25.5 Å². The first-order valence-corrected chi connectivity index (χ1v) is 9.95. The lowest BCUT2D eigenvalue weighted by Gasteiger charge is -2.11. The van der Waals surface area contributed by atoms with Crippen LogP contribution in [-0.4, -0.2) is 28.9 Å². The summed E-state index contributed by atoms with van der Waals surface area (Å²) in [6.07, 6.45) is 1.72. The van der Waals surface area contributed by atoms with Crippen LogP contribution in [0.25, 0.3) is 39.3 Å². The molecule has 2 heterocycles. The van der Waals surface area contributed by atoms with E-state index < -0.39 is 0 Å². The highest BCUT2D eigenvalue weighted by Crippen LogP contribution is 2.29. The summed E-state index contributed by atoms with van der Waals surface area (Å²) in [7, 11) is 3.20. The fourth-order valence-corrected chi connectivity index (χ4v) is 3.63. The summed E-state index contributed by atoms with van der Waals surface area (Å²) in [4.78, 5) is 17.9. The molecular weight excluding hydrogens is 406 g/mol. The van der Waals surface area contributed by atoms with Crippen LogP contribution in [0.1, 0.15) is 0 Å². The quantitative estimate of drug-likeness (QED) is 0.405. The van der Waals surface area contributed by atoms with Crippen LogP contribution < -0.4 is 15.0 Å². The normalized spacial score (nSPS) is 10.9. The fourth-order valence-electron chi connectivity index (χ4n) is 3.63. The molecule has 0 fully saturated rings. The Morgan fingerprint density at radius 2 is 1.56 bits per heavy atom. The van der Waals surface area contributed by atoms with Gasteiger partial charge in [0, 0.05) is 28.6 Å². The van der Waals surface area contributed by atoms with Crippen LogP contribution in [0.2, 0.25) is 0 Å². The smallest absolute Gasteiger partial charge is 0.262 e. The lowest BCUT2D eigenvalue weighted by molar-refractivity contribution is 0.414. The van der Waals surface area contributed by atoms with E-state index in [0.29, 0.717) is 39.9 Å². The van der Waals surface area contributed by atoms with Crippen molar-refractivity contribution in [3.8, 4) is 40.0 Å². The number of ether oxygens (including phenoxy) is 2. The minimum Gasteiger partial charge on any atom is -0.497 e. The first-order chi connectivity index (χ1) is 15.7. The summed E-state index contributed by atoms with van der Waals surface area (Å²) in [6, 6.07) is 22.1. The number of nitrogens with zero attached hydrogens (tertiary/aromatic N) is 3. The molecular formula is C25H19N3O4. The molecule has 3 aromatic carbocycles. The maximum atomic E-state index is 13.3. The number of hydrogen-bond donors (Lipinski definition) is 0. The Balaban J connectivity index is 1.70. The summed E-state index contributed by atoms with van der Waals surface area (Å²) in [6.45, 7) is 0. The van der Waals surface area contributed by atoms with Crippen molar-refractivity contribution in [1.82, 2.24) is 14.7 Å². The molecule has 0 atom stereocenters. The Kier molecular flexibility index (Phi) is 4.91. The van der Waals surface area contributed by atoms with Gasteiger partial charge >= 0.3 is 0 Å². The molecule has 0 bridgehead atoms. The molecule has 158 valence electrons. The Hall–Kier alpha value is -4.39. The molecule has 0 amide bonds. The zero-order valence-corrected chi connectivity index (χ0v) is 17.5. The Labute approximate surface area is 183 Å². The number of methoxy groups -OCH3 is 2. The second-order valence-corrected chi connectivity index (χ2v) is 7.12. The van der Waals surface area contributed by atoms with Crippen molar-refractivity contribution in [2.45, 2.75) is 0 Å². The maximum absolute atomic E-state index is 13.3. The summed E-state index contributed by atoms with van der Waals surface area (Å²) >= 11 is 0. The number of benzene rings is 3. The number of aromatic nitrogens is 3. The molecule has 0 saturated heterocycles. The van der Waals surface area contributed by atoms with Gasteiger partial charge in [0.2, 0.25) is 5.82 Å². The topological polar surface area (TPSA) is 79.4 Å². The van der Waals surface area contributed by atoms with Crippen LogP contribution >= 0.6 is 0 Å². The van der Waals surface area contributed by atoms with Crippen LogP contribution in [0.15, 0.2) is 88.3 Å². The van der Waals surface area contributed by atoms with Crippen molar-refractivity contribution in [3.63, 3.8) is 0 Å². The molecule has 5 rings (SSSR count). The molecule has 7 nitrogen and oxygen atoms in total. The molecule has 0 N–H and O–H groups in total. The average Bonchev–Trinajstić information content (AvgIpc) is 3.35. The van der Waals surface area contributed by atoms with Crippen LogP contribution in [-0.2, 0) is 0 Å². The molecule has 0 aliphatic heterocycles. The molecule has 0 unspecified atom stereocenters. The summed E-state index contributed by atoms with van der Waals surface area (Å²) in [5, 5.41) is 5.43. The highest BCUT2D eigenvalue weighted by Gasteiger charge is 2.17. The van der Waals surface area contributed by atoms with E-state index in [2.05, 4.69) is 10.1 Å². The van der Waals surface area contributed by atoms with Gasteiger partial charge in [-0.3, -0.25) is 9.36 Å². The largest absolute Gasteiger partial charge is 0.497 e. The predicted molar refractivity (Wildman–Crippen MR) is 121 cm³/mol. The highest BCUT2D eigenvalue weighted by atomic mass is 16.5. The molecule has 0 radical (unpaired) electrons. The van der Waals surface area contributed by atoms with E-state index in [1.165, 1.54) is 0 Å². The van der Waals surface area contributed by atoms with Gasteiger partial charge in [-0.25, -0.2) is 0 Å². The standard InChI is InChI=1S/C25H19N3O4/c1-30-18-9-5-7-16(13-18)23-26-24(32-27-23)22-15-28(17-8-6-10-19(14-17)31-2)25(29)21-12-4-3-11-20(21)22/h3-15H,1-2H3. The number of rotatable bonds is 5. The molecule has 32 heavy (non-hydrogen) atoms. The van der Waals surface area contributed by atoms with Gasteiger partial charge in [-0.2, -0.15) is 4.98 Å². The lowest BCUT2D eigenvalue weighted by atomic mass is 10.1. The second kappa shape index (κ2) is 8.03. The third-order valence-electron chi connectivity index (χ3n) is 5.24. The zero-order chi connectivity index (χ0) is 22.1. The molecule has 0 aliphatic rings. The lowest BCUT2D eigenvalue weighted by Crippen LogP contribution is -2.18. The van der Waals surface area contributed by atoms with Gasteiger partial charge in [-0.15, -0.1) is 0 Å². The first kappa shape index (κ1) is 19.6. The molecule has 0 aliphatic carbocycles. The van der Waals surface area contributed by atoms with Crippen molar-refractivity contribution in [1.29, 1.82) is 0 Å². The first-order valence-electron chi connectivity index (χ1n) is 9.95. The fraction of sp³-hybridized carbons (Fsp3) is 0.0800. The molecule has 2 aromatic heterocycles. The highest BCUT2D eigenvalue weighted by molar-refractivity contribution is 5.94. The SMILES string of the molecule is COc1cccc(-c2noc(-c3cn(-c4cccc(OC)c4)c(=O)c4ccccc34)n2)c1. The van der Waals surface area contributed by atoms with E-state index in [9.17, 15) is 4.79 Å². The van der Waals surface area contributed by atoms with E-state index in [0.717, 1.165) is 10.9 Å². The monoisotopic (exact) mass is 425 g/mol. The van der Waals surface area contributed by atoms with Crippen molar-refractivity contribution in [2.75, 3.05) is 14.2 Å². The van der Waals surface area contributed by atoms with E-state index in [-0.39, 0.29) is 5.56 Å². The van der Waals surface area contributed by atoms with Crippen molar-refractivity contribution in [3.05, 3.63) is 89.3 Å². The van der Waals surface area contributed by atoms with E-state index in [1.54, 1.807) is 37.1 Å². The average molecular weight is 425 g/mol. The van der Waals surface area contributed by atoms with Crippen LogP contribution in [0.3, 0.4) is 0 Å². The third kappa shape index (κ3) is 3.39.